The van der Waals surface area contributed by atoms with E-state index in [1.807, 2.05) is 4.72 Å². The number of carbonyl (C=O) groups is 2. The highest BCUT2D eigenvalue weighted by Gasteiger charge is 2.37. The number of nitrogens with one attached hydrogen (secondary N) is 2. The second-order valence-electron chi connectivity index (χ2n) is 7.37. The molecule has 1 saturated heterocycles. The van der Waals surface area contributed by atoms with Gasteiger partial charge in [-0.1, -0.05) is 24.3 Å². The number of carbonyl (C=O) groups excluding carboxylic acids is 2. The van der Waals surface area contributed by atoms with E-state index < -0.39 is 38.6 Å². The maximum Gasteiger partial charge on any atom is 0.417 e. The minimum atomic E-state index is -4.86. The highest BCUT2D eigenvalue weighted by molar-refractivity contribution is 7.89. The molecule has 0 bridgehead atoms. The number of hydrogen-bond acceptors (Lipinski definition) is 4. The van der Waals surface area contributed by atoms with Gasteiger partial charge in [0.1, 0.15) is 0 Å². The molecule has 1 unspecified atom stereocenters. The molecule has 2 N–H and O–H groups in total. The first-order valence-corrected chi connectivity index (χ1v) is 11.3. The maximum atomic E-state index is 13.1. The quantitative estimate of drug-likeness (QED) is 0.652. The lowest BCUT2D eigenvalue weighted by Gasteiger charge is -2.18. The third-order valence-electron chi connectivity index (χ3n) is 5.00. The average molecular weight is 469 g/mol. The Morgan fingerprint density at radius 1 is 1.12 bits per heavy atom. The molecule has 1 aliphatic rings. The Bertz CT molecular complexity index is 1100. The van der Waals surface area contributed by atoms with Crippen LogP contribution in [0.3, 0.4) is 0 Å². The number of hydrogen-bond donors (Lipinski definition) is 2. The van der Waals surface area contributed by atoms with Crippen molar-refractivity contribution in [3.63, 3.8) is 0 Å². The van der Waals surface area contributed by atoms with Crippen LogP contribution in [0.5, 0.6) is 0 Å². The van der Waals surface area contributed by atoms with Gasteiger partial charge in [0.05, 0.1) is 16.5 Å². The predicted molar refractivity (Wildman–Crippen MR) is 111 cm³/mol. The Morgan fingerprint density at radius 2 is 1.78 bits per heavy atom. The molecule has 172 valence electrons. The highest BCUT2D eigenvalue weighted by atomic mass is 32.2. The van der Waals surface area contributed by atoms with Crippen LogP contribution in [0.15, 0.2) is 53.4 Å². The molecule has 2 aromatic carbocycles. The lowest BCUT2D eigenvalue weighted by Crippen LogP contribution is -2.44. The van der Waals surface area contributed by atoms with Gasteiger partial charge in [-0.2, -0.15) is 17.9 Å². The number of benzene rings is 2. The molecule has 0 aliphatic carbocycles. The summed E-state index contributed by atoms with van der Waals surface area (Å²) in [5.41, 5.74) is 0.162. The van der Waals surface area contributed by atoms with Crippen LogP contribution in [-0.2, 0) is 32.3 Å². The van der Waals surface area contributed by atoms with E-state index in [0.717, 1.165) is 24.2 Å². The van der Waals surface area contributed by atoms with Crippen LogP contribution in [0.4, 0.5) is 18.9 Å². The van der Waals surface area contributed by atoms with Crippen LogP contribution in [0, 0.1) is 0 Å². The Balaban J connectivity index is 1.61. The summed E-state index contributed by atoms with van der Waals surface area (Å²) in [6.45, 7) is 1.98. The number of halogens is 3. The van der Waals surface area contributed by atoms with E-state index in [4.69, 9.17) is 0 Å². The second kappa shape index (κ2) is 9.29. The molecule has 2 amide bonds. The first-order chi connectivity index (χ1) is 15.0. The third kappa shape index (κ3) is 5.46. The van der Waals surface area contributed by atoms with Crippen molar-refractivity contribution in [2.24, 2.45) is 0 Å². The van der Waals surface area contributed by atoms with Crippen LogP contribution in [0.1, 0.15) is 30.9 Å². The van der Waals surface area contributed by atoms with Gasteiger partial charge in [0, 0.05) is 25.2 Å². The van der Waals surface area contributed by atoms with Gasteiger partial charge >= 0.3 is 6.18 Å². The molecule has 0 saturated carbocycles. The van der Waals surface area contributed by atoms with Crippen molar-refractivity contribution in [2.45, 2.75) is 43.4 Å². The fraction of sp³-hybridized carbons (Fsp3) is 0.333. The highest BCUT2D eigenvalue weighted by Crippen LogP contribution is 2.33. The molecule has 1 aliphatic heterocycles. The van der Waals surface area contributed by atoms with Crippen LogP contribution < -0.4 is 14.9 Å². The summed E-state index contributed by atoms with van der Waals surface area (Å²) >= 11 is 0. The lowest BCUT2D eigenvalue weighted by molar-refractivity contribution is -0.139. The Hall–Kier alpha value is -2.92. The zero-order valence-electron chi connectivity index (χ0n) is 17.1. The Morgan fingerprint density at radius 3 is 2.38 bits per heavy atom. The molecule has 32 heavy (non-hydrogen) atoms. The van der Waals surface area contributed by atoms with Crippen molar-refractivity contribution in [3.8, 4) is 0 Å². The molecule has 11 heteroatoms. The van der Waals surface area contributed by atoms with Gasteiger partial charge in [0.2, 0.25) is 21.8 Å². The van der Waals surface area contributed by atoms with Gasteiger partial charge in [-0.3, -0.25) is 9.59 Å². The van der Waals surface area contributed by atoms with Gasteiger partial charge < -0.3 is 10.2 Å². The van der Waals surface area contributed by atoms with Gasteiger partial charge in [0.15, 0.2) is 0 Å². The normalized spacial score (nSPS) is 15.6. The SMILES string of the molecule is CC(NS(=O)(=O)c1ccccc1C(F)(F)F)C(=O)NCc1ccc(N2CCCC2=O)cc1. The van der Waals surface area contributed by atoms with Crippen LogP contribution in [-0.4, -0.2) is 32.8 Å². The van der Waals surface area contributed by atoms with E-state index in [9.17, 15) is 31.2 Å². The fourth-order valence-electron chi connectivity index (χ4n) is 3.34. The van der Waals surface area contributed by atoms with Crippen molar-refractivity contribution >= 4 is 27.5 Å². The number of sulfonamides is 1. The number of rotatable bonds is 7. The van der Waals surface area contributed by atoms with Gasteiger partial charge in [0.25, 0.3) is 0 Å². The minimum absolute atomic E-state index is 0.0549. The standard InChI is InChI=1S/C21H22F3N3O4S/c1-14(26-32(30,31)18-6-3-2-5-17(18)21(22,23)24)20(29)25-13-15-8-10-16(11-9-15)27-12-4-7-19(27)28/h2-3,5-6,8-11,14,26H,4,7,12-13H2,1H3,(H,25,29). The second-order valence-corrected chi connectivity index (χ2v) is 9.05. The average Bonchev–Trinajstić information content (AvgIpc) is 3.17. The maximum absolute atomic E-state index is 13.1. The van der Waals surface area contributed by atoms with Crippen LogP contribution in [0.25, 0.3) is 0 Å². The number of alkyl halides is 3. The van der Waals surface area contributed by atoms with Crippen molar-refractivity contribution in [1.82, 2.24) is 10.0 Å². The summed E-state index contributed by atoms with van der Waals surface area (Å²) in [6.07, 6.45) is -3.54. The lowest BCUT2D eigenvalue weighted by atomic mass is 10.2. The van der Waals surface area contributed by atoms with Crippen molar-refractivity contribution in [3.05, 3.63) is 59.7 Å². The first-order valence-electron chi connectivity index (χ1n) is 9.84. The van der Waals surface area contributed by atoms with Crippen LogP contribution in [0.2, 0.25) is 0 Å². The van der Waals surface area contributed by atoms with Crippen molar-refractivity contribution in [1.29, 1.82) is 0 Å². The summed E-state index contributed by atoms with van der Waals surface area (Å²) in [4.78, 5) is 24.8. The summed E-state index contributed by atoms with van der Waals surface area (Å²) in [5.74, 6) is -0.642. The Labute approximate surface area is 183 Å². The Kier molecular flexibility index (Phi) is 6.89. The first kappa shape index (κ1) is 23.7. The molecule has 0 radical (unpaired) electrons. The molecule has 0 aromatic heterocycles. The zero-order valence-corrected chi connectivity index (χ0v) is 18.0. The number of amides is 2. The summed E-state index contributed by atoms with van der Waals surface area (Å²) in [5, 5.41) is 2.55. The van der Waals surface area contributed by atoms with E-state index in [2.05, 4.69) is 5.32 Å². The molecule has 0 spiro atoms. The molecule has 3 rings (SSSR count). The third-order valence-corrected chi connectivity index (χ3v) is 6.59. The van der Waals surface area contributed by atoms with E-state index in [1.165, 1.54) is 13.0 Å². The number of nitrogens with zero attached hydrogens (tertiary/aromatic N) is 1. The van der Waals surface area contributed by atoms with Gasteiger partial charge in [-0.25, -0.2) is 8.42 Å². The largest absolute Gasteiger partial charge is 0.417 e. The molecular formula is C21H22F3N3O4S. The summed E-state index contributed by atoms with van der Waals surface area (Å²) in [7, 11) is -4.59. The topological polar surface area (TPSA) is 95.6 Å². The van der Waals surface area contributed by atoms with E-state index >= 15 is 0 Å². The number of anilines is 1. The summed E-state index contributed by atoms with van der Waals surface area (Å²) < 4.78 is 66.3. The minimum Gasteiger partial charge on any atom is -0.351 e. The molecule has 1 fully saturated rings. The molecule has 2 aromatic rings. The predicted octanol–water partition coefficient (Wildman–Crippen LogP) is 2.82. The molecule has 1 atom stereocenters. The molecule has 7 nitrogen and oxygen atoms in total. The van der Waals surface area contributed by atoms with E-state index in [0.29, 0.717) is 24.6 Å². The van der Waals surface area contributed by atoms with E-state index in [-0.39, 0.29) is 12.5 Å². The van der Waals surface area contributed by atoms with E-state index in [1.54, 1.807) is 29.2 Å². The summed E-state index contributed by atoms with van der Waals surface area (Å²) in [6, 6.07) is 9.43. The fourth-order valence-corrected chi connectivity index (χ4v) is 4.77. The van der Waals surface area contributed by atoms with Gasteiger partial charge in [-0.05, 0) is 43.2 Å². The van der Waals surface area contributed by atoms with Gasteiger partial charge in [-0.15, -0.1) is 0 Å². The smallest absolute Gasteiger partial charge is 0.351 e. The van der Waals surface area contributed by atoms with Crippen molar-refractivity contribution in [2.75, 3.05) is 11.4 Å². The zero-order chi connectivity index (χ0) is 23.5. The monoisotopic (exact) mass is 469 g/mol. The molecule has 1 heterocycles. The molecular weight excluding hydrogens is 447 g/mol. The van der Waals surface area contributed by atoms with Crippen LogP contribution >= 0.6 is 0 Å². The van der Waals surface area contributed by atoms with Crippen molar-refractivity contribution < 1.29 is 31.2 Å².